The Bertz CT molecular complexity index is 699. The fraction of sp³-hybridized carbons (Fsp3) is 0.333. The molecule has 0 radical (unpaired) electrons. The Kier molecular flexibility index (Phi) is 7.52. The van der Waals surface area contributed by atoms with Gasteiger partial charge in [-0.05, 0) is 54.7 Å². The minimum Gasteiger partial charge on any atom is -0.494 e. The molecule has 0 bridgehead atoms. The predicted octanol–water partition coefficient (Wildman–Crippen LogP) is 4.73. The van der Waals surface area contributed by atoms with E-state index in [0.29, 0.717) is 25.2 Å². The van der Waals surface area contributed by atoms with Gasteiger partial charge in [-0.15, -0.1) is 0 Å². The Labute approximate surface area is 149 Å². The zero-order chi connectivity index (χ0) is 17.9. The van der Waals surface area contributed by atoms with Crippen LogP contribution in [-0.2, 0) is 9.53 Å². The van der Waals surface area contributed by atoms with Gasteiger partial charge in [0.2, 0.25) is 0 Å². The Balaban J connectivity index is 1.70. The summed E-state index contributed by atoms with van der Waals surface area (Å²) in [5.41, 5.74) is 2.83. The molecule has 130 valence electrons. The van der Waals surface area contributed by atoms with E-state index in [1.165, 1.54) is 0 Å². The molecule has 0 unspecified atom stereocenters. The molecule has 0 aliphatic carbocycles. The maximum Gasteiger partial charge on any atom is 0.305 e. The van der Waals surface area contributed by atoms with E-state index in [9.17, 15) is 4.79 Å². The average Bonchev–Trinajstić information content (AvgIpc) is 2.67. The smallest absolute Gasteiger partial charge is 0.305 e. The zero-order valence-corrected chi connectivity index (χ0v) is 14.5. The van der Waals surface area contributed by atoms with Crippen LogP contribution in [0.5, 0.6) is 5.75 Å². The highest BCUT2D eigenvalue weighted by molar-refractivity contribution is 5.68. The molecule has 2 rings (SSSR count). The Morgan fingerprint density at radius 2 is 1.52 bits per heavy atom. The van der Waals surface area contributed by atoms with Gasteiger partial charge in [0.15, 0.2) is 0 Å². The first-order valence-electron chi connectivity index (χ1n) is 8.62. The van der Waals surface area contributed by atoms with Gasteiger partial charge in [0.1, 0.15) is 5.75 Å². The summed E-state index contributed by atoms with van der Waals surface area (Å²) in [4.78, 5) is 11.0. The SMILES string of the molecule is CCC(=O)OCCCCCOc1ccc(-c2ccc(C#N)cc2)cc1. The monoisotopic (exact) mass is 337 g/mol. The van der Waals surface area contributed by atoms with Gasteiger partial charge < -0.3 is 9.47 Å². The van der Waals surface area contributed by atoms with E-state index < -0.39 is 0 Å². The number of hydrogen-bond donors (Lipinski definition) is 0. The van der Waals surface area contributed by atoms with Crippen molar-refractivity contribution < 1.29 is 14.3 Å². The van der Waals surface area contributed by atoms with Crippen LogP contribution in [0, 0.1) is 11.3 Å². The standard InChI is InChI=1S/C21H23NO3/c1-2-21(23)25-15-5-3-4-14-24-20-12-10-19(11-13-20)18-8-6-17(16-22)7-9-18/h6-13H,2-5,14-15H2,1H3. The summed E-state index contributed by atoms with van der Waals surface area (Å²) in [5, 5.41) is 8.83. The summed E-state index contributed by atoms with van der Waals surface area (Å²) in [7, 11) is 0. The van der Waals surface area contributed by atoms with Crippen LogP contribution in [0.25, 0.3) is 11.1 Å². The second kappa shape index (κ2) is 10.1. The third-order valence-corrected chi connectivity index (χ3v) is 3.81. The highest BCUT2D eigenvalue weighted by atomic mass is 16.5. The van der Waals surface area contributed by atoms with Crippen molar-refractivity contribution in [2.45, 2.75) is 32.6 Å². The fourth-order valence-corrected chi connectivity index (χ4v) is 2.34. The van der Waals surface area contributed by atoms with Crippen molar-refractivity contribution >= 4 is 5.97 Å². The molecule has 25 heavy (non-hydrogen) atoms. The lowest BCUT2D eigenvalue weighted by molar-refractivity contribution is -0.143. The van der Waals surface area contributed by atoms with Crippen LogP contribution in [0.3, 0.4) is 0 Å². The minimum absolute atomic E-state index is 0.140. The summed E-state index contributed by atoms with van der Waals surface area (Å²) in [6.45, 7) is 2.94. The molecule has 0 saturated carbocycles. The van der Waals surface area contributed by atoms with E-state index in [0.717, 1.165) is 36.1 Å². The van der Waals surface area contributed by atoms with Gasteiger partial charge in [-0.1, -0.05) is 31.2 Å². The van der Waals surface area contributed by atoms with Gasteiger partial charge in [0.05, 0.1) is 24.8 Å². The highest BCUT2D eigenvalue weighted by Gasteiger charge is 2.00. The average molecular weight is 337 g/mol. The van der Waals surface area contributed by atoms with Crippen LogP contribution in [0.15, 0.2) is 48.5 Å². The summed E-state index contributed by atoms with van der Waals surface area (Å²) in [6, 6.07) is 17.6. The van der Waals surface area contributed by atoms with E-state index in [2.05, 4.69) is 6.07 Å². The highest BCUT2D eigenvalue weighted by Crippen LogP contribution is 2.23. The van der Waals surface area contributed by atoms with Crippen LogP contribution < -0.4 is 4.74 Å². The van der Waals surface area contributed by atoms with Crippen molar-refractivity contribution in [3.63, 3.8) is 0 Å². The number of unbranched alkanes of at least 4 members (excludes halogenated alkanes) is 2. The molecule has 2 aromatic rings. The van der Waals surface area contributed by atoms with Gasteiger partial charge >= 0.3 is 5.97 Å². The first kappa shape index (κ1) is 18.5. The number of nitrogens with zero attached hydrogens (tertiary/aromatic N) is 1. The number of benzene rings is 2. The molecule has 0 heterocycles. The zero-order valence-electron chi connectivity index (χ0n) is 14.5. The quantitative estimate of drug-likeness (QED) is 0.490. The van der Waals surface area contributed by atoms with E-state index >= 15 is 0 Å². The normalized spacial score (nSPS) is 10.1. The molecule has 0 spiro atoms. The molecule has 2 aromatic carbocycles. The van der Waals surface area contributed by atoms with Gasteiger partial charge in [-0.2, -0.15) is 5.26 Å². The van der Waals surface area contributed by atoms with Crippen LogP contribution in [0.1, 0.15) is 38.2 Å². The van der Waals surface area contributed by atoms with E-state index in [4.69, 9.17) is 14.7 Å². The minimum atomic E-state index is -0.140. The summed E-state index contributed by atoms with van der Waals surface area (Å²) >= 11 is 0. The molecule has 0 aliphatic heterocycles. The number of rotatable bonds is 9. The topological polar surface area (TPSA) is 59.3 Å². The molecule has 4 heteroatoms. The number of ether oxygens (including phenoxy) is 2. The molecule has 4 nitrogen and oxygen atoms in total. The fourth-order valence-electron chi connectivity index (χ4n) is 2.34. The third-order valence-electron chi connectivity index (χ3n) is 3.81. The van der Waals surface area contributed by atoms with Crippen molar-refractivity contribution in [1.82, 2.24) is 0 Å². The van der Waals surface area contributed by atoms with Gasteiger partial charge in [-0.25, -0.2) is 0 Å². The lowest BCUT2D eigenvalue weighted by Gasteiger charge is -2.08. The van der Waals surface area contributed by atoms with Gasteiger partial charge in [0, 0.05) is 6.42 Å². The van der Waals surface area contributed by atoms with Gasteiger partial charge in [-0.3, -0.25) is 4.79 Å². The van der Waals surface area contributed by atoms with E-state index in [-0.39, 0.29) is 5.97 Å². The lowest BCUT2D eigenvalue weighted by atomic mass is 10.0. The maximum atomic E-state index is 11.0. The summed E-state index contributed by atoms with van der Waals surface area (Å²) in [5.74, 6) is 0.702. The molecule has 0 atom stereocenters. The lowest BCUT2D eigenvalue weighted by Crippen LogP contribution is -2.04. The molecule has 0 amide bonds. The third kappa shape index (κ3) is 6.31. The van der Waals surface area contributed by atoms with Gasteiger partial charge in [0.25, 0.3) is 0 Å². The number of nitriles is 1. The first-order valence-corrected chi connectivity index (χ1v) is 8.62. The maximum absolute atomic E-state index is 11.0. The molecule has 0 aromatic heterocycles. The van der Waals surface area contributed by atoms with Crippen molar-refractivity contribution in [1.29, 1.82) is 5.26 Å². The van der Waals surface area contributed by atoms with Crippen molar-refractivity contribution in [3.05, 3.63) is 54.1 Å². The molecule has 0 aliphatic rings. The van der Waals surface area contributed by atoms with Crippen molar-refractivity contribution in [3.8, 4) is 22.9 Å². The number of carbonyl (C=O) groups is 1. The predicted molar refractivity (Wildman–Crippen MR) is 97.2 cm³/mol. The van der Waals surface area contributed by atoms with Crippen molar-refractivity contribution in [2.75, 3.05) is 13.2 Å². The summed E-state index contributed by atoms with van der Waals surface area (Å²) in [6.07, 6.45) is 3.20. The number of carbonyl (C=O) groups excluding carboxylic acids is 1. The first-order chi connectivity index (χ1) is 12.2. The Morgan fingerprint density at radius 1 is 0.920 bits per heavy atom. The van der Waals surface area contributed by atoms with Crippen molar-refractivity contribution in [2.24, 2.45) is 0 Å². The molecule has 0 fully saturated rings. The largest absolute Gasteiger partial charge is 0.494 e. The second-order valence-electron chi connectivity index (χ2n) is 5.70. The van der Waals surface area contributed by atoms with E-state index in [1.54, 1.807) is 6.92 Å². The van der Waals surface area contributed by atoms with Crippen LogP contribution in [0.2, 0.25) is 0 Å². The molecule has 0 saturated heterocycles. The molecular weight excluding hydrogens is 314 g/mol. The van der Waals surface area contributed by atoms with E-state index in [1.807, 2.05) is 48.5 Å². The van der Waals surface area contributed by atoms with Crippen LogP contribution in [-0.4, -0.2) is 19.2 Å². The second-order valence-corrected chi connectivity index (χ2v) is 5.70. The van der Waals surface area contributed by atoms with Crippen LogP contribution >= 0.6 is 0 Å². The number of hydrogen-bond acceptors (Lipinski definition) is 4. The van der Waals surface area contributed by atoms with Crippen LogP contribution in [0.4, 0.5) is 0 Å². The number of esters is 1. The summed E-state index contributed by atoms with van der Waals surface area (Å²) < 4.78 is 10.8. The molecular formula is C21H23NO3. The Morgan fingerprint density at radius 3 is 2.12 bits per heavy atom. The molecule has 0 N–H and O–H groups in total. The Hall–Kier alpha value is -2.80.